The Morgan fingerprint density at radius 3 is 2.50 bits per heavy atom. The molecule has 0 saturated carbocycles. The lowest BCUT2D eigenvalue weighted by Gasteiger charge is -1.92. The molecular formula is C11H8N2O. The highest BCUT2D eigenvalue weighted by molar-refractivity contribution is 6.36. The fraction of sp³-hybridized carbons (Fsp3) is 0. The van der Waals surface area contributed by atoms with Crippen molar-refractivity contribution in [2.45, 2.75) is 0 Å². The highest BCUT2D eigenvalue weighted by Crippen LogP contribution is 2.05. The molecule has 1 N–H and O–H groups in total. The summed E-state index contributed by atoms with van der Waals surface area (Å²) in [5.41, 5.74) is 0.755. The van der Waals surface area contributed by atoms with E-state index in [9.17, 15) is 4.79 Å². The molecule has 0 saturated heterocycles. The number of hydrogen-bond donors (Lipinski definition) is 1. The fourth-order valence-electron chi connectivity index (χ4n) is 0.952. The number of nitriles is 1. The van der Waals surface area contributed by atoms with Crippen molar-refractivity contribution >= 4 is 18.1 Å². The SMILES string of the molecule is N#CC(=Cc1ccccc1)C(=O)C=N. The van der Waals surface area contributed by atoms with Gasteiger partial charge in [-0.2, -0.15) is 5.26 Å². The molecule has 3 nitrogen and oxygen atoms in total. The van der Waals surface area contributed by atoms with Crippen molar-refractivity contribution < 1.29 is 4.79 Å². The second-order valence-electron chi connectivity index (χ2n) is 2.59. The summed E-state index contributed by atoms with van der Waals surface area (Å²) in [5.74, 6) is -0.573. The van der Waals surface area contributed by atoms with Crippen molar-refractivity contribution in [3.63, 3.8) is 0 Å². The van der Waals surface area contributed by atoms with Crippen LogP contribution in [0.25, 0.3) is 6.08 Å². The summed E-state index contributed by atoms with van der Waals surface area (Å²) in [4.78, 5) is 11.0. The quantitative estimate of drug-likeness (QED) is 0.442. The number of nitrogens with zero attached hydrogens (tertiary/aromatic N) is 1. The van der Waals surface area contributed by atoms with Crippen LogP contribution in [0.3, 0.4) is 0 Å². The molecular weight excluding hydrogens is 176 g/mol. The highest BCUT2D eigenvalue weighted by Gasteiger charge is 2.04. The molecule has 1 rings (SSSR count). The molecule has 0 aliphatic rings. The van der Waals surface area contributed by atoms with Crippen LogP contribution in [-0.2, 0) is 4.79 Å². The number of allylic oxidation sites excluding steroid dienone is 1. The average Bonchev–Trinajstić information content (AvgIpc) is 2.26. The molecule has 1 aromatic carbocycles. The maximum absolute atomic E-state index is 11.0. The van der Waals surface area contributed by atoms with Crippen LogP contribution in [0.5, 0.6) is 0 Å². The summed E-state index contributed by atoms with van der Waals surface area (Å²) in [6.07, 6.45) is 2.10. The molecule has 0 amide bonds. The minimum Gasteiger partial charge on any atom is -0.305 e. The molecule has 0 spiro atoms. The predicted molar refractivity (Wildman–Crippen MR) is 53.8 cm³/mol. The lowest BCUT2D eigenvalue weighted by Crippen LogP contribution is -2.00. The van der Waals surface area contributed by atoms with Crippen LogP contribution in [0.4, 0.5) is 0 Å². The lowest BCUT2D eigenvalue weighted by molar-refractivity contribution is -0.109. The van der Waals surface area contributed by atoms with Gasteiger partial charge in [-0.05, 0) is 11.6 Å². The van der Waals surface area contributed by atoms with Gasteiger partial charge in [0.25, 0.3) is 0 Å². The summed E-state index contributed by atoms with van der Waals surface area (Å²) in [7, 11) is 0. The first-order valence-corrected chi connectivity index (χ1v) is 3.99. The van der Waals surface area contributed by atoms with Gasteiger partial charge >= 0.3 is 0 Å². The van der Waals surface area contributed by atoms with Crippen molar-refractivity contribution in [2.24, 2.45) is 0 Å². The van der Waals surface area contributed by atoms with Crippen molar-refractivity contribution in [1.29, 1.82) is 10.7 Å². The first kappa shape index (κ1) is 9.87. The lowest BCUT2D eigenvalue weighted by atomic mass is 10.1. The van der Waals surface area contributed by atoms with Crippen LogP contribution >= 0.6 is 0 Å². The molecule has 0 bridgehead atoms. The summed E-state index contributed by atoms with van der Waals surface area (Å²) in [6, 6.07) is 10.8. The standard InChI is InChI=1S/C11H8N2O/c12-7-10(11(14)8-13)6-9-4-2-1-3-5-9/h1-6,8,13H. The number of hydrogen-bond acceptors (Lipinski definition) is 3. The second kappa shape index (κ2) is 4.73. The van der Waals surface area contributed by atoms with E-state index in [1.807, 2.05) is 18.2 Å². The summed E-state index contributed by atoms with van der Waals surface area (Å²) in [6.45, 7) is 0. The van der Waals surface area contributed by atoms with Crippen LogP contribution in [-0.4, -0.2) is 12.0 Å². The molecule has 1 aromatic rings. The third-order valence-electron chi connectivity index (χ3n) is 1.63. The second-order valence-corrected chi connectivity index (χ2v) is 2.59. The Hall–Kier alpha value is -2.21. The normalized spacial score (nSPS) is 10.4. The van der Waals surface area contributed by atoms with Gasteiger partial charge in [-0.15, -0.1) is 0 Å². The Labute approximate surface area is 81.8 Å². The third-order valence-corrected chi connectivity index (χ3v) is 1.63. The Morgan fingerprint density at radius 1 is 1.36 bits per heavy atom. The molecule has 14 heavy (non-hydrogen) atoms. The van der Waals surface area contributed by atoms with E-state index in [0.29, 0.717) is 6.21 Å². The molecule has 0 fully saturated rings. The third kappa shape index (κ3) is 2.39. The maximum Gasteiger partial charge on any atom is 0.213 e. The van der Waals surface area contributed by atoms with Crippen molar-refractivity contribution in [1.82, 2.24) is 0 Å². The number of nitrogens with one attached hydrogen (secondary N) is 1. The summed E-state index contributed by atoms with van der Waals surface area (Å²) >= 11 is 0. The summed E-state index contributed by atoms with van der Waals surface area (Å²) in [5, 5.41) is 15.4. The fourth-order valence-corrected chi connectivity index (χ4v) is 0.952. The zero-order valence-corrected chi connectivity index (χ0v) is 7.40. The van der Waals surface area contributed by atoms with Crippen LogP contribution in [0, 0.1) is 16.7 Å². The minimum atomic E-state index is -0.573. The first-order chi connectivity index (χ1) is 6.77. The van der Waals surface area contributed by atoms with Crippen molar-refractivity contribution in [2.75, 3.05) is 0 Å². The van der Waals surface area contributed by atoms with E-state index in [-0.39, 0.29) is 5.57 Å². The minimum absolute atomic E-state index is 0.0220. The number of ketones is 1. The van der Waals surface area contributed by atoms with E-state index in [0.717, 1.165) is 5.56 Å². The van der Waals surface area contributed by atoms with E-state index in [4.69, 9.17) is 10.7 Å². The molecule has 0 unspecified atom stereocenters. The average molecular weight is 184 g/mol. The molecule has 0 aliphatic heterocycles. The van der Waals surface area contributed by atoms with Gasteiger partial charge in [0.2, 0.25) is 5.78 Å². The van der Waals surface area contributed by atoms with Gasteiger partial charge < -0.3 is 5.41 Å². The summed E-state index contributed by atoms with van der Waals surface area (Å²) < 4.78 is 0. The molecule has 0 aromatic heterocycles. The van der Waals surface area contributed by atoms with Crippen molar-refractivity contribution in [3.8, 4) is 6.07 Å². The van der Waals surface area contributed by atoms with Gasteiger partial charge in [-0.25, -0.2) is 0 Å². The number of benzene rings is 1. The Kier molecular flexibility index (Phi) is 3.33. The first-order valence-electron chi connectivity index (χ1n) is 3.99. The van der Waals surface area contributed by atoms with E-state index < -0.39 is 5.78 Å². The molecule has 68 valence electrons. The predicted octanol–water partition coefficient (Wildman–Crippen LogP) is 1.81. The topological polar surface area (TPSA) is 64.7 Å². The zero-order valence-electron chi connectivity index (χ0n) is 7.40. The van der Waals surface area contributed by atoms with E-state index in [1.165, 1.54) is 6.08 Å². The van der Waals surface area contributed by atoms with Crippen LogP contribution < -0.4 is 0 Å². The number of carbonyl (C=O) groups excluding carboxylic acids is 1. The van der Waals surface area contributed by atoms with E-state index in [1.54, 1.807) is 18.2 Å². The molecule has 0 aliphatic carbocycles. The number of Topliss-reactive ketones (excluding diaryl/α,β-unsaturated/α-hetero) is 1. The Bertz CT molecular complexity index is 413. The van der Waals surface area contributed by atoms with Crippen molar-refractivity contribution in [3.05, 3.63) is 41.5 Å². The molecule has 0 atom stereocenters. The van der Waals surface area contributed by atoms with Gasteiger partial charge in [-0.1, -0.05) is 30.3 Å². The zero-order chi connectivity index (χ0) is 10.4. The van der Waals surface area contributed by atoms with Gasteiger partial charge in [0.05, 0.1) is 6.21 Å². The van der Waals surface area contributed by atoms with E-state index >= 15 is 0 Å². The smallest absolute Gasteiger partial charge is 0.213 e. The highest BCUT2D eigenvalue weighted by atomic mass is 16.1. The van der Waals surface area contributed by atoms with Gasteiger partial charge in [0, 0.05) is 0 Å². The number of rotatable bonds is 3. The van der Waals surface area contributed by atoms with Gasteiger partial charge in [-0.3, -0.25) is 4.79 Å². The van der Waals surface area contributed by atoms with Crippen LogP contribution in [0.2, 0.25) is 0 Å². The number of carbonyl (C=O) groups is 1. The molecule has 3 heteroatoms. The Morgan fingerprint density at radius 2 is 2.00 bits per heavy atom. The monoisotopic (exact) mass is 184 g/mol. The van der Waals surface area contributed by atoms with E-state index in [2.05, 4.69) is 0 Å². The Balaban J connectivity index is 3.03. The van der Waals surface area contributed by atoms with Gasteiger partial charge in [0.1, 0.15) is 11.6 Å². The maximum atomic E-state index is 11.0. The largest absolute Gasteiger partial charge is 0.305 e. The van der Waals surface area contributed by atoms with Crippen LogP contribution in [0.1, 0.15) is 5.56 Å². The molecule has 0 heterocycles. The van der Waals surface area contributed by atoms with Crippen LogP contribution in [0.15, 0.2) is 35.9 Å². The molecule has 0 radical (unpaired) electrons. The van der Waals surface area contributed by atoms with Gasteiger partial charge in [0.15, 0.2) is 0 Å².